The van der Waals surface area contributed by atoms with Crippen LogP contribution in [-0.2, 0) is 4.74 Å². The molecule has 152 valence electrons. The third kappa shape index (κ3) is 4.24. The summed E-state index contributed by atoms with van der Waals surface area (Å²) >= 11 is 0. The van der Waals surface area contributed by atoms with Crippen LogP contribution in [0.3, 0.4) is 0 Å². The number of nitro groups is 1. The van der Waals surface area contributed by atoms with E-state index in [1.54, 1.807) is 31.7 Å². The number of ether oxygens (including phenoxy) is 1. The summed E-state index contributed by atoms with van der Waals surface area (Å²) in [5.41, 5.74) is 0.262. The summed E-state index contributed by atoms with van der Waals surface area (Å²) < 4.78 is 5.38. The van der Waals surface area contributed by atoms with Crippen LogP contribution < -0.4 is 15.1 Å². The van der Waals surface area contributed by atoms with Crippen molar-refractivity contribution in [1.29, 1.82) is 0 Å². The predicted octanol–water partition coefficient (Wildman–Crippen LogP) is 1.58. The molecule has 0 aromatic carbocycles. The average molecular weight is 392 g/mol. The highest BCUT2D eigenvalue weighted by molar-refractivity contribution is 5.94. The van der Waals surface area contributed by atoms with E-state index >= 15 is 0 Å². The molecule has 0 saturated carbocycles. The van der Waals surface area contributed by atoms with Gasteiger partial charge >= 0.3 is 17.9 Å². The van der Waals surface area contributed by atoms with Crippen molar-refractivity contribution in [2.75, 3.05) is 49.1 Å². The van der Waals surface area contributed by atoms with Crippen molar-refractivity contribution in [3.05, 3.63) is 22.4 Å². The van der Waals surface area contributed by atoms with Gasteiger partial charge in [0.25, 0.3) is 0 Å². The Labute approximate surface area is 162 Å². The Hall–Kier alpha value is -3.11. The number of aromatic nitrogens is 1. The molecule has 1 aromatic heterocycles. The minimum atomic E-state index is -0.582. The molecular weight excluding hydrogens is 368 g/mol. The van der Waals surface area contributed by atoms with Gasteiger partial charge in [-0.2, -0.15) is 0 Å². The molecule has 0 unspecified atom stereocenters. The largest absolute Gasteiger partial charge is 0.444 e. The van der Waals surface area contributed by atoms with E-state index in [-0.39, 0.29) is 11.8 Å². The van der Waals surface area contributed by atoms with Gasteiger partial charge in [-0.15, -0.1) is 0 Å². The zero-order valence-corrected chi connectivity index (χ0v) is 16.2. The van der Waals surface area contributed by atoms with E-state index in [2.05, 4.69) is 10.3 Å². The zero-order chi connectivity index (χ0) is 20.5. The van der Waals surface area contributed by atoms with Crippen LogP contribution in [0.1, 0.15) is 20.8 Å². The molecule has 0 bridgehead atoms. The molecule has 0 spiro atoms. The number of pyridine rings is 1. The van der Waals surface area contributed by atoms with Gasteiger partial charge in [0, 0.05) is 39.3 Å². The van der Waals surface area contributed by atoms with Gasteiger partial charge in [0.2, 0.25) is 0 Å². The quantitative estimate of drug-likeness (QED) is 0.612. The first-order valence-electron chi connectivity index (χ1n) is 9.08. The Bertz CT molecular complexity index is 785. The second-order valence-electron chi connectivity index (χ2n) is 7.63. The molecule has 1 N–H and O–H groups in total. The molecule has 2 saturated heterocycles. The third-order valence-electron chi connectivity index (χ3n) is 4.45. The summed E-state index contributed by atoms with van der Waals surface area (Å²) in [7, 11) is 0. The van der Waals surface area contributed by atoms with E-state index in [0.29, 0.717) is 50.6 Å². The predicted molar refractivity (Wildman–Crippen MR) is 102 cm³/mol. The van der Waals surface area contributed by atoms with Crippen LogP contribution in [0, 0.1) is 10.1 Å². The first kappa shape index (κ1) is 19.6. The smallest absolute Gasteiger partial charge is 0.410 e. The van der Waals surface area contributed by atoms with Gasteiger partial charge < -0.3 is 30.0 Å². The molecule has 2 fully saturated rings. The molecule has 0 aliphatic carbocycles. The lowest BCUT2D eigenvalue weighted by atomic mass is 10.2. The molecular formula is C17H24N6O5. The Morgan fingerprint density at radius 1 is 1.25 bits per heavy atom. The normalized spacial score (nSPS) is 17.5. The van der Waals surface area contributed by atoms with Gasteiger partial charge in [0.1, 0.15) is 11.3 Å². The van der Waals surface area contributed by atoms with E-state index in [9.17, 15) is 19.7 Å². The molecule has 11 heteroatoms. The number of carbonyl (C=O) groups excluding carboxylic acids is 2. The number of rotatable bonds is 3. The monoisotopic (exact) mass is 392 g/mol. The van der Waals surface area contributed by atoms with Crippen LogP contribution >= 0.6 is 0 Å². The average Bonchev–Trinajstić information content (AvgIpc) is 3.06. The Kier molecular flexibility index (Phi) is 5.25. The number of carbonyl (C=O) groups is 2. The Balaban J connectivity index is 1.76. The van der Waals surface area contributed by atoms with Crippen molar-refractivity contribution < 1.29 is 19.2 Å². The highest BCUT2D eigenvalue weighted by Gasteiger charge is 2.31. The molecule has 11 nitrogen and oxygen atoms in total. The highest BCUT2D eigenvalue weighted by atomic mass is 16.6. The van der Waals surface area contributed by atoms with Crippen molar-refractivity contribution in [1.82, 2.24) is 15.2 Å². The summed E-state index contributed by atoms with van der Waals surface area (Å²) in [6.45, 7) is 7.95. The van der Waals surface area contributed by atoms with Gasteiger partial charge in [0.15, 0.2) is 6.20 Å². The summed E-state index contributed by atoms with van der Waals surface area (Å²) in [6.07, 6.45) is 0.936. The summed E-state index contributed by atoms with van der Waals surface area (Å²) in [4.78, 5) is 43.9. The van der Waals surface area contributed by atoms with Crippen molar-refractivity contribution in [2.24, 2.45) is 0 Å². The van der Waals surface area contributed by atoms with Gasteiger partial charge in [-0.1, -0.05) is 0 Å². The fourth-order valence-corrected chi connectivity index (χ4v) is 3.13. The summed E-state index contributed by atoms with van der Waals surface area (Å²) in [5, 5.41) is 14.1. The number of nitrogens with zero attached hydrogens (tertiary/aromatic N) is 5. The second-order valence-corrected chi connectivity index (χ2v) is 7.63. The molecule has 3 heterocycles. The minimum absolute atomic E-state index is 0.253. The van der Waals surface area contributed by atoms with Gasteiger partial charge in [-0.05, 0) is 36.7 Å². The standard InChI is InChI=1S/C17H24N6O5/c1-17(2,3)28-16(25)21-8-6-20(7-9-21)13-10-12(11-19-14(13)23(26)27)22-5-4-18-15(22)24/h10-11H,4-9H2,1-3H3,(H,18,24). The number of piperazine rings is 1. The van der Waals surface area contributed by atoms with Gasteiger partial charge in [0.05, 0.1) is 5.69 Å². The fourth-order valence-electron chi connectivity index (χ4n) is 3.13. The van der Waals surface area contributed by atoms with Crippen LogP contribution in [0.2, 0.25) is 0 Å². The van der Waals surface area contributed by atoms with Crippen LogP contribution in [-0.4, -0.2) is 71.8 Å². The van der Waals surface area contributed by atoms with Crippen LogP contribution in [0.15, 0.2) is 12.3 Å². The first-order valence-corrected chi connectivity index (χ1v) is 9.08. The maximum atomic E-state index is 12.2. The molecule has 1 aromatic rings. The maximum Gasteiger partial charge on any atom is 0.410 e. The molecule has 3 rings (SSSR count). The van der Waals surface area contributed by atoms with Crippen molar-refractivity contribution in [3.8, 4) is 0 Å². The third-order valence-corrected chi connectivity index (χ3v) is 4.45. The number of urea groups is 1. The van der Waals surface area contributed by atoms with E-state index in [1.807, 2.05) is 4.90 Å². The Morgan fingerprint density at radius 3 is 2.46 bits per heavy atom. The van der Waals surface area contributed by atoms with Crippen molar-refractivity contribution in [2.45, 2.75) is 26.4 Å². The highest BCUT2D eigenvalue weighted by Crippen LogP contribution is 2.31. The lowest BCUT2D eigenvalue weighted by Gasteiger charge is -2.36. The molecule has 0 radical (unpaired) electrons. The van der Waals surface area contributed by atoms with Crippen LogP contribution in [0.25, 0.3) is 0 Å². The molecule has 2 aliphatic rings. The molecule has 0 atom stereocenters. The number of hydrogen-bond donors (Lipinski definition) is 1. The van der Waals surface area contributed by atoms with E-state index in [1.165, 1.54) is 11.1 Å². The molecule has 28 heavy (non-hydrogen) atoms. The maximum absolute atomic E-state index is 12.2. The number of anilines is 2. The number of amides is 3. The first-order chi connectivity index (χ1) is 13.2. The topological polar surface area (TPSA) is 121 Å². The zero-order valence-electron chi connectivity index (χ0n) is 16.2. The Morgan fingerprint density at radius 2 is 1.93 bits per heavy atom. The molecule has 3 amide bonds. The van der Waals surface area contributed by atoms with Gasteiger partial charge in [-0.3, -0.25) is 4.90 Å². The number of hydrogen-bond acceptors (Lipinski definition) is 7. The lowest BCUT2D eigenvalue weighted by Crippen LogP contribution is -2.50. The second kappa shape index (κ2) is 7.49. The van der Waals surface area contributed by atoms with E-state index in [4.69, 9.17) is 4.74 Å². The SMILES string of the molecule is CC(C)(C)OC(=O)N1CCN(c2cc(N3CCNC3=O)cnc2[N+](=O)[O-])CC1. The molecule has 2 aliphatic heterocycles. The van der Waals surface area contributed by atoms with Crippen LogP contribution in [0.4, 0.5) is 26.8 Å². The summed E-state index contributed by atoms with van der Waals surface area (Å²) in [5.74, 6) is -0.269. The van der Waals surface area contributed by atoms with Crippen LogP contribution in [0.5, 0.6) is 0 Å². The van der Waals surface area contributed by atoms with Crippen molar-refractivity contribution in [3.63, 3.8) is 0 Å². The fraction of sp³-hybridized carbons (Fsp3) is 0.588. The van der Waals surface area contributed by atoms with E-state index in [0.717, 1.165) is 0 Å². The van der Waals surface area contributed by atoms with Crippen molar-refractivity contribution >= 4 is 29.3 Å². The van der Waals surface area contributed by atoms with E-state index < -0.39 is 16.6 Å². The number of nitrogens with one attached hydrogen (secondary N) is 1. The summed E-state index contributed by atoms with van der Waals surface area (Å²) in [6, 6.07) is 1.36. The minimum Gasteiger partial charge on any atom is -0.444 e. The van der Waals surface area contributed by atoms with Gasteiger partial charge in [-0.25, -0.2) is 9.59 Å². The lowest BCUT2D eigenvalue weighted by molar-refractivity contribution is -0.388.